The van der Waals surface area contributed by atoms with E-state index in [4.69, 9.17) is 4.99 Å². The van der Waals surface area contributed by atoms with E-state index in [1.807, 2.05) is 0 Å². The predicted molar refractivity (Wildman–Crippen MR) is 112 cm³/mol. The van der Waals surface area contributed by atoms with Gasteiger partial charge >= 0.3 is 0 Å². The summed E-state index contributed by atoms with van der Waals surface area (Å²) in [4.78, 5) is 7.34. The SMILES string of the molecule is CCNC(=NCc1nnc2n1CCCCC2)N1CCC(Cc2ccccc2)C1. The molecule has 0 aliphatic carbocycles. The van der Waals surface area contributed by atoms with Gasteiger partial charge in [0.2, 0.25) is 0 Å². The molecule has 1 atom stereocenters. The van der Waals surface area contributed by atoms with Crippen molar-refractivity contribution in [1.29, 1.82) is 0 Å². The van der Waals surface area contributed by atoms with Crippen LogP contribution >= 0.6 is 0 Å². The van der Waals surface area contributed by atoms with Crippen molar-refractivity contribution in [2.24, 2.45) is 10.9 Å². The van der Waals surface area contributed by atoms with Crippen LogP contribution in [0.15, 0.2) is 35.3 Å². The number of benzene rings is 1. The largest absolute Gasteiger partial charge is 0.357 e. The molecule has 1 saturated heterocycles. The van der Waals surface area contributed by atoms with Gasteiger partial charge in [-0.15, -0.1) is 10.2 Å². The second kappa shape index (κ2) is 9.22. The summed E-state index contributed by atoms with van der Waals surface area (Å²) in [5.74, 6) is 3.85. The van der Waals surface area contributed by atoms with Crippen molar-refractivity contribution < 1.29 is 0 Å². The summed E-state index contributed by atoms with van der Waals surface area (Å²) in [6.07, 6.45) is 7.14. The fraction of sp³-hybridized carbons (Fsp3) is 0.591. The number of hydrogen-bond donors (Lipinski definition) is 1. The molecule has 28 heavy (non-hydrogen) atoms. The van der Waals surface area contributed by atoms with Crippen LogP contribution in [0, 0.1) is 5.92 Å². The fourth-order valence-electron chi connectivity index (χ4n) is 4.37. The molecule has 1 N–H and O–H groups in total. The zero-order valence-electron chi connectivity index (χ0n) is 17.0. The molecule has 1 fully saturated rings. The number of aromatic nitrogens is 3. The third-order valence-corrected chi connectivity index (χ3v) is 5.84. The Hall–Kier alpha value is -2.37. The van der Waals surface area contributed by atoms with E-state index < -0.39 is 0 Å². The Morgan fingerprint density at radius 1 is 1.14 bits per heavy atom. The predicted octanol–water partition coefficient (Wildman–Crippen LogP) is 3.03. The summed E-state index contributed by atoms with van der Waals surface area (Å²) in [6, 6.07) is 10.8. The van der Waals surface area contributed by atoms with Crippen LogP contribution in [0.5, 0.6) is 0 Å². The minimum absolute atomic E-state index is 0.606. The molecule has 6 heteroatoms. The highest BCUT2D eigenvalue weighted by atomic mass is 15.3. The van der Waals surface area contributed by atoms with Gasteiger partial charge in [0.25, 0.3) is 0 Å². The molecule has 6 nitrogen and oxygen atoms in total. The minimum Gasteiger partial charge on any atom is -0.357 e. The molecule has 3 heterocycles. The van der Waals surface area contributed by atoms with E-state index in [9.17, 15) is 0 Å². The molecule has 0 spiro atoms. The summed E-state index contributed by atoms with van der Waals surface area (Å²) in [7, 11) is 0. The summed E-state index contributed by atoms with van der Waals surface area (Å²) in [6.45, 7) is 6.80. The van der Waals surface area contributed by atoms with Crippen molar-refractivity contribution in [1.82, 2.24) is 25.0 Å². The van der Waals surface area contributed by atoms with E-state index in [2.05, 4.69) is 62.2 Å². The summed E-state index contributed by atoms with van der Waals surface area (Å²) in [5, 5.41) is 12.3. The van der Waals surface area contributed by atoms with Crippen molar-refractivity contribution in [3.05, 3.63) is 47.5 Å². The second-order valence-electron chi connectivity index (χ2n) is 7.96. The molecule has 2 aliphatic heterocycles. The van der Waals surface area contributed by atoms with E-state index in [1.54, 1.807) is 0 Å². The van der Waals surface area contributed by atoms with Gasteiger partial charge in [0.05, 0.1) is 0 Å². The van der Waals surface area contributed by atoms with Gasteiger partial charge in [-0.2, -0.15) is 0 Å². The number of likely N-dealkylation sites (tertiary alicyclic amines) is 1. The smallest absolute Gasteiger partial charge is 0.194 e. The zero-order valence-corrected chi connectivity index (χ0v) is 17.0. The average Bonchev–Trinajstić information content (AvgIpc) is 3.26. The van der Waals surface area contributed by atoms with Crippen LogP contribution in [0.1, 0.15) is 49.8 Å². The number of nitrogens with zero attached hydrogens (tertiary/aromatic N) is 5. The van der Waals surface area contributed by atoms with E-state index in [1.165, 1.54) is 31.2 Å². The van der Waals surface area contributed by atoms with Gasteiger partial charge in [0.1, 0.15) is 12.4 Å². The van der Waals surface area contributed by atoms with E-state index in [0.717, 1.165) is 56.6 Å². The maximum absolute atomic E-state index is 4.93. The standard InChI is InChI=1S/C22H32N6/c1-2-23-22(24-16-21-26-25-20-11-7-4-8-13-28(20)21)27-14-12-19(17-27)15-18-9-5-3-6-10-18/h3,5-6,9-10,19H,2,4,7-8,11-17H2,1H3,(H,23,24). The number of nitrogens with one attached hydrogen (secondary N) is 1. The lowest BCUT2D eigenvalue weighted by molar-refractivity contribution is 0.459. The van der Waals surface area contributed by atoms with Gasteiger partial charge in [0.15, 0.2) is 11.8 Å². The molecule has 2 aliphatic rings. The Morgan fingerprint density at radius 3 is 2.89 bits per heavy atom. The topological polar surface area (TPSA) is 58.3 Å². The van der Waals surface area contributed by atoms with Crippen LogP contribution in [-0.4, -0.2) is 45.3 Å². The monoisotopic (exact) mass is 380 g/mol. The fourth-order valence-corrected chi connectivity index (χ4v) is 4.37. The Morgan fingerprint density at radius 2 is 2.04 bits per heavy atom. The molecule has 0 bridgehead atoms. The quantitative estimate of drug-likeness (QED) is 0.640. The van der Waals surface area contributed by atoms with E-state index >= 15 is 0 Å². The molecular weight excluding hydrogens is 348 g/mol. The van der Waals surface area contributed by atoms with Gasteiger partial charge < -0.3 is 14.8 Å². The number of aryl methyl sites for hydroxylation is 1. The van der Waals surface area contributed by atoms with Crippen molar-refractivity contribution in [2.45, 2.75) is 58.5 Å². The van der Waals surface area contributed by atoms with Gasteiger partial charge in [-0.1, -0.05) is 36.8 Å². The van der Waals surface area contributed by atoms with Crippen molar-refractivity contribution >= 4 is 5.96 Å². The normalized spacial score (nSPS) is 20.1. The number of rotatable bonds is 5. The molecule has 2 aromatic rings. The maximum atomic E-state index is 4.93. The van der Waals surface area contributed by atoms with Crippen molar-refractivity contribution in [3.63, 3.8) is 0 Å². The van der Waals surface area contributed by atoms with Crippen molar-refractivity contribution in [3.8, 4) is 0 Å². The highest BCUT2D eigenvalue weighted by molar-refractivity contribution is 5.80. The molecule has 1 aromatic heterocycles. The Labute approximate surface area is 168 Å². The van der Waals surface area contributed by atoms with Crippen LogP contribution in [0.4, 0.5) is 0 Å². The third-order valence-electron chi connectivity index (χ3n) is 5.84. The Bertz CT molecular complexity index is 782. The minimum atomic E-state index is 0.606. The van der Waals surface area contributed by atoms with Gasteiger partial charge in [-0.05, 0) is 44.1 Å². The lowest BCUT2D eigenvalue weighted by atomic mass is 9.99. The Balaban J connectivity index is 1.41. The number of aliphatic imine (C=N–C) groups is 1. The first-order valence-corrected chi connectivity index (χ1v) is 10.8. The lowest BCUT2D eigenvalue weighted by Crippen LogP contribution is -2.40. The molecule has 4 rings (SSSR count). The Kier molecular flexibility index (Phi) is 6.24. The number of fused-ring (bicyclic) bond motifs is 1. The van der Waals surface area contributed by atoms with Crippen LogP contribution < -0.4 is 5.32 Å². The maximum Gasteiger partial charge on any atom is 0.194 e. The second-order valence-corrected chi connectivity index (χ2v) is 7.96. The van der Waals surface area contributed by atoms with Crippen LogP contribution in [0.3, 0.4) is 0 Å². The zero-order chi connectivity index (χ0) is 19.2. The van der Waals surface area contributed by atoms with Gasteiger partial charge in [-0.25, -0.2) is 4.99 Å². The van der Waals surface area contributed by atoms with E-state index in [0.29, 0.717) is 12.5 Å². The molecule has 1 unspecified atom stereocenters. The molecule has 0 amide bonds. The van der Waals surface area contributed by atoms with Gasteiger partial charge in [0, 0.05) is 32.6 Å². The molecule has 0 radical (unpaired) electrons. The van der Waals surface area contributed by atoms with Gasteiger partial charge in [-0.3, -0.25) is 0 Å². The molecular formula is C22H32N6. The van der Waals surface area contributed by atoms with E-state index in [-0.39, 0.29) is 0 Å². The summed E-state index contributed by atoms with van der Waals surface area (Å²) < 4.78 is 2.29. The first-order valence-electron chi connectivity index (χ1n) is 10.8. The number of guanidine groups is 1. The molecule has 150 valence electrons. The third kappa shape index (κ3) is 4.54. The summed E-state index contributed by atoms with van der Waals surface area (Å²) >= 11 is 0. The summed E-state index contributed by atoms with van der Waals surface area (Å²) in [5.41, 5.74) is 1.43. The average molecular weight is 381 g/mol. The first kappa shape index (κ1) is 19.0. The van der Waals surface area contributed by atoms with Crippen LogP contribution in [0.2, 0.25) is 0 Å². The van der Waals surface area contributed by atoms with Crippen LogP contribution in [-0.2, 0) is 25.9 Å². The van der Waals surface area contributed by atoms with Crippen LogP contribution in [0.25, 0.3) is 0 Å². The first-order chi connectivity index (χ1) is 13.8. The van der Waals surface area contributed by atoms with Crippen molar-refractivity contribution in [2.75, 3.05) is 19.6 Å². The highest BCUT2D eigenvalue weighted by Crippen LogP contribution is 2.21. The lowest BCUT2D eigenvalue weighted by Gasteiger charge is -2.21. The highest BCUT2D eigenvalue weighted by Gasteiger charge is 2.25. The molecule has 1 aromatic carbocycles. The number of hydrogen-bond acceptors (Lipinski definition) is 3. The molecule has 0 saturated carbocycles.